The van der Waals surface area contributed by atoms with Crippen LogP contribution in [0.3, 0.4) is 0 Å². The SMILES string of the molecule is CNCc1cc2ncc(F)cc2n1C. The molecule has 3 nitrogen and oxygen atoms in total. The van der Waals surface area contributed by atoms with E-state index in [4.69, 9.17) is 0 Å². The summed E-state index contributed by atoms with van der Waals surface area (Å²) in [4.78, 5) is 4.02. The number of halogens is 1. The topological polar surface area (TPSA) is 29.9 Å². The maximum atomic E-state index is 12.9. The molecule has 1 N–H and O–H groups in total. The summed E-state index contributed by atoms with van der Waals surface area (Å²) in [5.41, 5.74) is 2.76. The van der Waals surface area contributed by atoms with Crippen molar-refractivity contribution in [3.8, 4) is 0 Å². The van der Waals surface area contributed by atoms with Gasteiger partial charge < -0.3 is 9.88 Å². The first-order valence-electron chi connectivity index (χ1n) is 4.47. The lowest BCUT2D eigenvalue weighted by Gasteiger charge is -2.02. The van der Waals surface area contributed by atoms with E-state index in [9.17, 15) is 4.39 Å². The number of nitrogens with one attached hydrogen (secondary N) is 1. The largest absolute Gasteiger partial charge is 0.345 e. The fourth-order valence-corrected chi connectivity index (χ4v) is 1.58. The third-order valence-corrected chi connectivity index (χ3v) is 2.32. The van der Waals surface area contributed by atoms with E-state index in [0.717, 1.165) is 23.3 Å². The number of fused-ring (bicyclic) bond motifs is 1. The molecule has 74 valence electrons. The van der Waals surface area contributed by atoms with Gasteiger partial charge in [-0.1, -0.05) is 0 Å². The molecule has 4 heteroatoms. The zero-order valence-electron chi connectivity index (χ0n) is 8.21. The van der Waals surface area contributed by atoms with Crippen LogP contribution in [0, 0.1) is 5.82 Å². The molecule has 0 unspecified atom stereocenters. The summed E-state index contributed by atoms with van der Waals surface area (Å²) in [6.45, 7) is 0.758. The lowest BCUT2D eigenvalue weighted by atomic mass is 10.3. The van der Waals surface area contributed by atoms with Gasteiger partial charge in [0.15, 0.2) is 0 Å². The molecule has 14 heavy (non-hydrogen) atoms. The smallest absolute Gasteiger partial charge is 0.143 e. The van der Waals surface area contributed by atoms with Crippen molar-refractivity contribution in [3.63, 3.8) is 0 Å². The monoisotopic (exact) mass is 193 g/mol. The number of rotatable bonds is 2. The molecule has 0 aromatic carbocycles. The van der Waals surface area contributed by atoms with Crippen LogP contribution in [0.2, 0.25) is 0 Å². The Kier molecular flexibility index (Phi) is 2.21. The summed E-state index contributed by atoms with van der Waals surface area (Å²) in [6.07, 6.45) is 1.24. The van der Waals surface area contributed by atoms with Crippen molar-refractivity contribution in [2.24, 2.45) is 7.05 Å². The summed E-state index contributed by atoms with van der Waals surface area (Å²) in [7, 11) is 3.79. The Morgan fingerprint density at radius 1 is 1.50 bits per heavy atom. The molecular formula is C10H12FN3. The first-order valence-corrected chi connectivity index (χ1v) is 4.47. The third-order valence-electron chi connectivity index (χ3n) is 2.32. The van der Waals surface area contributed by atoms with Gasteiger partial charge in [-0.05, 0) is 13.1 Å². The fraction of sp³-hybridized carbons (Fsp3) is 0.300. The van der Waals surface area contributed by atoms with Crippen molar-refractivity contribution in [3.05, 3.63) is 29.8 Å². The Morgan fingerprint density at radius 2 is 2.29 bits per heavy atom. The quantitative estimate of drug-likeness (QED) is 0.782. The number of hydrogen-bond acceptors (Lipinski definition) is 2. The summed E-state index contributed by atoms with van der Waals surface area (Å²) < 4.78 is 14.9. The highest BCUT2D eigenvalue weighted by atomic mass is 19.1. The van der Waals surface area contributed by atoms with E-state index in [1.165, 1.54) is 12.3 Å². The van der Waals surface area contributed by atoms with Crippen molar-refractivity contribution in [1.82, 2.24) is 14.9 Å². The number of nitrogens with zero attached hydrogens (tertiary/aromatic N) is 2. The molecular weight excluding hydrogens is 181 g/mol. The van der Waals surface area contributed by atoms with Crippen molar-refractivity contribution in [1.29, 1.82) is 0 Å². The van der Waals surface area contributed by atoms with Gasteiger partial charge in [0.25, 0.3) is 0 Å². The zero-order chi connectivity index (χ0) is 10.1. The summed E-state index contributed by atoms with van der Waals surface area (Å²) in [5.74, 6) is -0.297. The van der Waals surface area contributed by atoms with E-state index in [1.807, 2.05) is 24.7 Å². The molecule has 0 amide bonds. The zero-order valence-corrected chi connectivity index (χ0v) is 8.21. The minimum absolute atomic E-state index is 0.297. The summed E-state index contributed by atoms with van der Waals surface area (Å²) in [5, 5.41) is 3.06. The molecule has 0 bridgehead atoms. The number of pyridine rings is 1. The van der Waals surface area contributed by atoms with E-state index in [2.05, 4.69) is 10.3 Å². The molecule has 2 heterocycles. The van der Waals surface area contributed by atoms with Gasteiger partial charge in [0.05, 0.1) is 17.2 Å². The van der Waals surface area contributed by atoms with Crippen LogP contribution < -0.4 is 5.32 Å². The Balaban J connectivity index is 2.62. The van der Waals surface area contributed by atoms with Crippen molar-refractivity contribution < 1.29 is 4.39 Å². The molecule has 0 aliphatic rings. The van der Waals surface area contributed by atoms with Crippen LogP contribution in [0.1, 0.15) is 5.69 Å². The molecule has 0 fully saturated rings. The molecule has 2 rings (SSSR count). The Hall–Kier alpha value is -1.42. The van der Waals surface area contributed by atoms with Gasteiger partial charge in [-0.3, -0.25) is 4.98 Å². The highest BCUT2D eigenvalue weighted by molar-refractivity contribution is 5.76. The molecule has 0 aliphatic heterocycles. The third kappa shape index (κ3) is 1.37. The van der Waals surface area contributed by atoms with Gasteiger partial charge in [-0.2, -0.15) is 0 Å². The van der Waals surface area contributed by atoms with E-state index >= 15 is 0 Å². The lowest BCUT2D eigenvalue weighted by molar-refractivity contribution is 0.623. The molecule has 0 atom stereocenters. The molecule has 2 aromatic heterocycles. The van der Waals surface area contributed by atoms with Crippen LogP contribution in [-0.4, -0.2) is 16.6 Å². The van der Waals surface area contributed by atoms with Gasteiger partial charge in [0, 0.05) is 25.4 Å². The second-order valence-electron chi connectivity index (χ2n) is 3.28. The Morgan fingerprint density at radius 3 is 3.00 bits per heavy atom. The van der Waals surface area contributed by atoms with E-state index in [0.29, 0.717) is 0 Å². The fourth-order valence-electron chi connectivity index (χ4n) is 1.58. The molecule has 0 saturated heterocycles. The van der Waals surface area contributed by atoms with Crippen LogP contribution in [0.5, 0.6) is 0 Å². The Bertz CT molecular complexity index is 462. The minimum Gasteiger partial charge on any atom is -0.345 e. The predicted octanol–water partition coefficient (Wildman–Crippen LogP) is 1.43. The normalized spacial score (nSPS) is 11.1. The predicted molar refractivity (Wildman–Crippen MR) is 53.4 cm³/mol. The average Bonchev–Trinajstić information content (AvgIpc) is 2.46. The van der Waals surface area contributed by atoms with Gasteiger partial charge in [0.1, 0.15) is 5.82 Å². The molecule has 2 aromatic rings. The van der Waals surface area contributed by atoms with Crippen molar-refractivity contribution in [2.75, 3.05) is 7.05 Å². The first-order chi connectivity index (χ1) is 6.72. The minimum atomic E-state index is -0.297. The van der Waals surface area contributed by atoms with Crippen molar-refractivity contribution in [2.45, 2.75) is 6.54 Å². The number of aryl methyl sites for hydroxylation is 1. The van der Waals surface area contributed by atoms with Gasteiger partial charge >= 0.3 is 0 Å². The highest BCUT2D eigenvalue weighted by Crippen LogP contribution is 2.17. The van der Waals surface area contributed by atoms with Crippen LogP contribution in [0.25, 0.3) is 11.0 Å². The second kappa shape index (κ2) is 3.38. The van der Waals surface area contributed by atoms with Crippen LogP contribution in [-0.2, 0) is 13.6 Å². The Labute approximate surface area is 81.6 Å². The number of aromatic nitrogens is 2. The van der Waals surface area contributed by atoms with Gasteiger partial charge in [-0.25, -0.2) is 4.39 Å². The molecule has 0 saturated carbocycles. The van der Waals surface area contributed by atoms with Gasteiger partial charge in [0.2, 0.25) is 0 Å². The van der Waals surface area contributed by atoms with Crippen LogP contribution in [0.4, 0.5) is 4.39 Å². The summed E-state index contributed by atoms with van der Waals surface area (Å²) >= 11 is 0. The van der Waals surface area contributed by atoms with E-state index in [-0.39, 0.29) is 5.82 Å². The lowest BCUT2D eigenvalue weighted by Crippen LogP contribution is -2.08. The first kappa shape index (κ1) is 9.15. The second-order valence-corrected chi connectivity index (χ2v) is 3.28. The van der Waals surface area contributed by atoms with E-state index < -0.39 is 0 Å². The average molecular weight is 193 g/mol. The number of hydrogen-bond donors (Lipinski definition) is 1. The molecule has 0 radical (unpaired) electrons. The van der Waals surface area contributed by atoms with Gasteiger partial charge in [-0.15, -0.1) is 0 Å². The molecule has 0 aliphatic carbocycles. The summed E-state index contributed by atoms with van der Waals surface area (Å²) in [6, 6.07) is 3.47. The highest BCUT2D eigenvalue weighted by Gasteiger charge is 2.06. The molecule has 0 spiro atoms. The maximum absolute atomic E-state index is 12.9. The van der Waals surface area contributed by atoms with Crippen molar-refractivity contribution >= 4 is 11.0 Å². The van der Waals surface area contributed by atoms with Crippen LogP contribution >= 0.6 is 0 Å². The standard InChI is InChI=1S/C10H12FN3/c1-12-6-8-4-9-10(14(8)2)3-7(11)5-13-9/h3-5,12H,6H2,1-2H3. The van der Waals surface area contributed by atoms with E-state index in [1.54, 1.807) is 0 Å². The maximum Gasteiger partial charge on any atom is 0.143 e. The van der Waals surface area contributed by atoms with Crippen LogP contribution in [0.15, 0.2) is 18.3 Å².